The maximum absolute atomic E-state index is 14.2. The van der Waals surface area contributed by atoms with Gasteiger partial charge in [-0.2, -0.15) is 13.2 Å². The van der Waals surface area contributed by atoms with Crippen LogP contribution in [-0.4, -0.2) is 28.5 Å². The van der Waals surface area contributed by atoms with E-state index in [0.29, 0.717) is 29.5 Å². The lowest BCUT2D eigenvalue weighted by molar-refractivity contribution is -0.266. The Balaban J connectivity index is 1.72. The molecule has 1 atom stereocenters. The van der Waals surface area contributed by atoms with E-state index >= 15 is 0 Å². The summed E-state index contributed by atoms with van der Waals surface area (Å²) in [7, 11) is 0. The lowest BCUT2D eigenvalue weighted by Crippen LogP contribution is -2.50. The molecule has 1 N–H and O–H groups in total. The number of nitrogens with zero attached hydrogens (tertiary/aromatic N) is 1. The smallest absolute Gasteiger partial charge is 0.417 e. The van der Waals surface area contributed by atoms with E-state index in [2.05, 4.69) is 20.9 Å². The summed E-state index contributed by atoms with van der Waals surface area (Å²) in [5.74, 6) is 0.744. The number of rotatable bonds is 5. The Morgan fingerprint density at radius 2 is 1.87 bits per heavy atom. The molecule has 0 amide bonds. The third-order valence-corrected chi connectivity index (χ3v) is 6.59. The standard InChI is InChI=1S/C24H23BrF3NO2/c1-22(2,17-11-15-8-10-31-21(15)19(25)12-17)14-23(30,24(26,27)28)13-16-7-9-29-20-6-4-3-5-18(16)20/h3-7,9,11-12,30H,8,10,13-14H2,1-2H3. The number of fused-ring (bicyclic) bond motifs is 2. The Kier molecular flexibility index (Phi) is 5.54. The summed E-state index contributed by atoms with van der Waals surface area (Å²) >= 11 is 3.47. The van der Waals surface area contributed by atoms with E-state index in [9.17, 15) is 18.3 Å². The van der Waals surface area contributed by atoms with E-state index in [1.54, 1.807) is 50.2 Å². The molecule has 0 saturated heterocycles. The van der Waals surface area contributed by atoms with E-state index in [-0.39, 0.29) is 0 Å². The fourth-order valence-corrected chi connectivity index (χ4v) is 4.99. The van der Waals surface area contributed by atoms with Crippen molar-refractivity contribution >= 4 is 26.8 Å². The first-order valence-electron chi connectivity index (χ1n) is 10.1. The molecule has 0 radical (unpaired) electrons. The number of ether oxygens (including phenoxy) is 1. The molecule has 1 aliphatic heterocycles. The summed E-state index contributed by atoms with van der Waals surface area (Å²) in [5, 5.41) is 11.7. The van der Waals surface area contributed by atoms with E-state index in [1.807, 2.05) is 6.07 Å². The third-order valence-electron chi connectivity index (χ3n) is 6.00. The second kappa shape index (κ2) is 7.78. The van der Waals surface area contributed by atoms with Gasteiger partial charge in [0.1, 0.15) is 5.75 Å². The van der Waals surface area contributed by atoms with Gasteiger partial charge < -0.3 is 9.84 Å². The van der Waals surface area contributed by atoms with Crippen LogP contribution in [0.5, 0.6) is 5.75 Å². The molecule has 0 aliphatic carbocycles. The largest absolute Gasteiger partial charge is 0.492 e. The highest BCUT2D eigenvalue weighted by molar-refractivity contribution is 9.10. The summed E-state index contributed by atoms with van der Waals surface area (Å²) < 4.78 is 49.0. The van der Waals surface area contributed by atoms with Crippen LogP contribution in [0.1, 0.15) is 37.0 Å². The minimum absolute atomic E-state index is 0.421. The first kappa shape index (κ1) is 22.1. The fraction of sp³-hybridized carbons (Fsp3) is 0.375. The zero-order chi connectivity index (χ0) is 22.4. The highest BCUT2D eigenvalue weighted by atomic mass is 79.9. The molecule has 0 saturated carbocycles. The van der Waals surface area contributed by atoms with Crippen molar-refractivity contribution in [2.45, 2.75) is 50.3 Å². The van der Waals surface area contributed by atoms with Gasteiger partial charge in [0.2, 0.25) is 0 Å². The highest BCUT2D eigenvalue weighted by Gasteiger charge is 2.56. The molecule has 164 valence electrons. The van der Waals surface area contributed by atoms with Crippen LogP contribution < -0.4 is 4.74 Å². The number of benzene rings is 2. The lowest BCUT2D eigenvalue weighted by atomic mass is 9.72. The van der Waals surface area contributed by atoms with Crippen LogP contribution in [-0.2, 0) is 18.3 Å². The van der Waals surface area contributed by atoms with Crippen molar-refractivity contribution in [1.29, 1.82) is 0 Å². The highest BCUT2D eigenvalue weighted by Crippen LogP contribution is 2.45. The van der Waals surface area contributed by atoms with Crippen LogP contribution in [0.2, 0.25) is 0 Å². The Morgan fingerprint density at radius 1 is 1.13 bits per heavy atom. The van der Waals surface area contributed by atoms with Crippen molar-refractivity contribution in [2.24, 2.45) is 0 Å². The lowest BCUT2D eigenvalue weighted by Gasteiger charge is -2.38. The molecule has 7 heteroatoms. The first-order valence-corrected chi connectivity index (χ1v) is 10.9. The average Bonchev–Trinajstić information content (AvgIpc) is 3.16. The van der Waals surface area contributed by atoms with E-state index in [0.717, 1.165) is 21.3 Å². The van der Waals surface area contributed by atoms with Gasteiger partial charge >= 0.3 is 6.18 Å². The van der Waals surface area contributed by atoms with Gasteiger partial charge in [0.25, 0.3) is 0 Å². The predicted molar refractivity (Wildman–Crippen MR) is 117 cm³/mol. The second-order valence-corrected chi connectivity index (χ2v) is 9.65. The summed E-state index contributed by atoms with van der Waals surface area (Å²) in [6.07, 6.45) is -3.63. The monoisotopic (exact) mass is 493 g/mol. The molecule has 4 rings (SSSR count). The minimum Gasteiger partial charge on any atom is -0.492 e. The molecule has 2 heterocycles. The normalized spacial score (nSPS) is 16.1. The number of aliphatic hydroxyl groups is 1. The van der Waals surface area contributed by atoms with E-state index in [4.69, 9.17) is 4.74 Å². The van der Waals surface area contributed by atoms with Crippen molar-refractivity contribution in [3.63, 3.8) is 0 Å². The number of alkyl halides is 3. The SMILES string of the molecule is CC(C)(CC(O)(Cc1ccnc2ccccc12)C(F)(F)F)c1cc(Br)c2c(c1)CCO2. The molecule has 0 spiro atoms. The number of pyridine rings is 1. The summed E-state index contributed by atoms with van der Waals surface area (Å²) in [6.45, 7) is 4.02. The summed E-state index contributed by atoms with van der Waals surface area (Å²) in [4.78, 5) is 4.22. The van der Waals surface area contributed by atoms with Gasteiger partial charge in [0, 0.05) is 24.4 Å². The van der Waals surface area contributed by atoms with Crippen molar-refractivity contribution in [2.75, 3.05) is 6.61 Å². The van der Waals surface area contributed by atoms with Crippen LogP contribution in [0.3, 0.4) is 0 Å². The molecule has 3 aromatic rings. The zero-order valence-corrected chi connectivity index (χ0v) is 18.8. The zero-order valence-electron chi connectivity index (χ0n) is 17.3. The van der Waals surface area contributed by atoms with Crippen LogP contribution >= 0.6 is 15.9 Å². The summed E-state index contributed by atoms with van der Waals surface area (Å²) in [6, 6.07) is 12.3. The van der Waals surface area contributed by atoms with Crippen molar-refractivity contribution in [3.05, 3.63) is 69.8 Å². The molecule has 0 bridgehead atoms. The number of hydrogen-bond donors (Lipinski definition) is 1. The van der Waals surface area contributed by atoms with Crippen molar-refractivity contribution < 1.29 is 23.0 Å². The van der Waals surface area contributed by atoms with Gasteiger partial charge in [0.05, 0.1) is 16.6 Å². The fourth-order valence-electron chi connectivity index (χ4n) is 4.37. The maximum Gasteiger partial charge on any atom is 0.417 e. The topological polar surface area (TPSA) is 42.4 Å². The Labute approximate surface area is 187 Å². The first-order chi connectivity index (χ1) is 14.5. The molecule has 0 fully saturated rings. The third kappa shape index (κ3) is 4.17. The van der Waals surface area contributed by atoms with Crippen LogP contribution in [0.4, 0.5) is 13.2 Å². The average molecular weight is 494 g/mol. The van der Waals surface area contributed by atoms with Crippen LogP contribution in [0.15, 0.2) is 53.1 Å². The van der Waals surface area contributed by atoms with Gasteiger partial charge in [-0.05, 0) is 62.7 Å². The number of halogens is 4. The second-order valence-electron chi connectivity index (χ2n) is 8.80. The number of para-hydroxylation sites is 1. The molecule has 1 aliphatic rings. The summed E-state index contributed by atoms with van der Waals surface area (Å²) in [5.41, 5.74) is -1.12. The van der Waals surface area contributed by atoms with Crippen molar-refractivity contribution in [1.82, 2.24) is 4.98 Å². The molecule has 1 unspecified atom stereocenters. The van der Waals surface area contributed by atoms with Crippen LogP contribution in [0.25, 0.3) is 10.9 Å². The Hall–Kier alpha value is -2.12. The Bertz CT molecular complexity index is 1120. The molecular formula is C24H23BrF3NO2. The predicted octanol–water partition coefficient (Wildman–Crippen LogP) is 6.14. The maximum atomic E-state index is 14.2. The molecule has 31 heavy (non-hydrogen) atoms. The Morgan fingerprint density at radius 3 is 2.61 bits per heavy atom. The van der Waals surface area contributed by atoms with E-state index in [1.165, 1.54) is 6.20 Å². The van der Waals surface area contributed by atoms with Crippen molar-refractivity contribution in [3.8, 4) is 5.75 Å². The molecule has 3 nitrogen and oxygen atoms in total. The minimum atomic E-state index is -4.80. The quantitative estimate of drug-likeness (QED) is 0.464. The van der Waals surface area contributed by atoms with Gasteiger partial charge in [-0.25, -0.2) is 0 Å². The molecule has 1 aromatic heterocycles. The van der Waals surface area contributed by atoms with Gasteiger partial charge in [-0.15, -0.1) is 0 Å². The van der Waals surface area contributed by atoms with E-state index < -0.39 is 30.0 Å². The number of hydrogen-bond acceptors (Lipinski definition) is 3. The number of aromatic nitrogens is 1. The molecule has 2 aromatic carbocycles. The van der Waals surface area contributed by atoms with Gasteiger partial charge in [-0.3, -0.25) is 4.98 Å². The van der Waals surface area contributed by atoms with Gasteiger partial charge in [0.15, 0.2) is 5.60 Å². The van der Waals surface area contributed by atoms with Crippen LogP contribution in [0, 0.1) is 0 Å². The molecular weight excluding hydrogens is 471 g/mol. The van der Waals surface area contributed by atoms with Gasteiger partial charge in [-0.1, -0.05) is 38.1 Å².